The number of halogens is 1. The van der Waals surface area contributed by atoms with E-state index >= 15 is 0 Å². The van der Waals surface area contributed by atoms with Gasteiger partial charge >= 0.3 is 0 Å². The summed E-state index contributed by atoms with van der Waals surface area (Å²) in [6, 6.07) is 11.5. The maximum Gasteiger partial charge on any atom is 0.261 e. The highest BCUT2D eigenvalue weighted by Gasteiger charge is 2.39. The van der Waals surface area contributed by atoms with Crippen LogP contribution in [0.4, 0.5) is 10.1 Å². The van der Waals surface area contributed by atoms with Gasteiger partial charge in [0.15, 0.2) is 0 Å². The number of benzene rings is 2. The highest BCUT2D eigenvalue weighted by atomic mass is 32.2. The molecule has 3 atom stereocenters. The predicted molar refractivity (Wildman–Crippen MR) is 114 cm³/mol. The number of amides is 1. The number of nitrogens with one attached hydrogen (secondary N) is 1. The van der Waals surface area contributed by atoms with Gasteiger partial charge in [0.25, 0.3) is 15.9 Å². The number of carbonyl (C=O) groups is 1. The van der Waals surface area contributed by atoms with Gasteiger partial charge in [0, 0.05) is 23.8 Å². The van der Waals surface area contributed by atoms with Crippen molar-refractivity contribution in [3.8, 4) is 0 Å². The molecule has 1 aliphatic carbocycles. The first-order valence-electron chi connectivity index (χ1n) is 10.5. The van der Waals surface area contributed by atoms with E-state index in [0.717, 1.165) is 31.5 Å². The van der Waals surface area contributed by atoms with Crippen molar-refractivity contribution in [3.63, 3.8) is 0 Å². The Morgan fingerprint density at radius 1 is 1.00 bits per heavy atom. The average molecular weight is 431 g/mol. The van der Waals surface area contributed by atoms with E-state index in [1.54, 1.807) is 24.3 Å². The van der Waals surface area contributed by atoms with Gasteiger partial charge in [-0.2, -0.15) is 0 Å². The van der Waals surface area contributed by atoms with Crippen molar-refractivity contribution in [2.75, 3.05) is 11.3 Å². The molecule has 0 spiro atoms. The van der Waals surface area contributed by atoms with E-state index in [1.165, 1.54) is 31.4 Å². The van der Waals surface area contributed by atoms with E-state index in [2.05, 4.69) is 11.6 Å². The summed E-state index contributed by atoms with van der Waals surface area (Å²) in [6.45, 7) is 3.08. The zero-order valence-electron chi connectivity index (χ0n) is 17.1. The SMILES string of the molecule is CC1CCN(C(=O)c2ccc(NS(=O)(=O)c3ccc(F)cc3)cc2)C2CCCCC12. The Labute approximate surface area is 177 Å². The van der Waals surface area contributed by atoms with Gasteiger partial charge in [0.1, 0.15) is 5.82 Å². The number of hydrogen-bond donors (Lipinski definition) is 1. The van der Waals surface area contributed by atoms with Gasteiger partial charge in [-0.15, -0.1) is 0 Å². The molecule has 2 fully saturated rings. The highest BCUT2D eigenvalue weighted by molar-refractivity contribution is 7.92. The molecule has 1 aliphatic heterocycles. The molecule has 2 aromatic rings. The molecule has 1 amide bonds. The van der Waals surface area contributed by atoms with E-state index in [9.17, 15) is 17.6 Å². The van der Waals surface area contributed by atoms with Gasteiger partial charge in [0.05, 0.1) is 4.90 Å². The Balaban J connectivity index is 1.48. The van der Waals surface area contributed by atoms with E-state index in [1.807, 2.05) is 4.90 Å². The normalized spacial score (nSPS) is 24.2. The van der Waals surface area contributed by atoms with Gasteiger partial charge in [-0.1, -0.05) is 19.8 Å². The summed E-state index contributed by atoms with van der Waals surface area (Å²) in [6.07, 6.45) is 5.71. The van der Waals surface area contributed by atoms with Gasteiger partial charge in [-0.05, 0) is 79.6 Å². The predicted octanol–water partition coefficient (Wildman–Crippen LogP) is 4.67. The molecule has 160 valence electrons. The lowest BCUT2D eigenvalue weighted by molar-refractivity contribution is 0.0218. The number of nitrogens with zero attached hydrogens (tertiary/aromatic N) is 1. The fourth-order valence-corrected chi connectivity index (χ4v) is 5.90. The third-order valence-corrected chi connectivity index (χ3v) is 7.90. The van der Waals surface area contributed by atoms with Crippen LogP contribution in [-0.2, 0) is 10.0 Å². The van der Waals surface area contributed by atoms with E-state index in [0.29, 0.717) is 29.1 Å². The Hall–Kier alpha value is -2.41. The van der Waals surface area contributed by atoms with E-state index in [-0.39, 0.29) is 10.8 Å². The quantitative estimate of drug-likeness (QED) is 0.767. The summed E-state index contributed by atoms with van der Waals surface area (Å²) >= 11 is 0. The summed E-state index contributed by atoms with van der Waals surface area (Å²) in [4.78, 5) is 15.2. The molecule has 1 saturated heterocycles. The number of piperidine rings is 1. The highest BCUT2D eigenvalue weighted by Crippen LogP contribution is 2.39. The van der Waals surface area contributed by atoms with Crippen LogP contribution in [0.1, 0.15) is 49.4 Å². The van der Waals surface area contributed by atoms with Crippen molar-refractivity contribution >= 4 is 21.6 Å². The van der Waals surface area contributed by atoms with E-state index in [4.69, 9.17) is 0 Å². The zero-order chi connectivity index (χ0) is 21.3. The van der Waals surface area contributed by atoms with Crippen molar-refractivity contribution in [2.24, 2.45) is 11.8 Å². The third-order valence-electron chi connectivity index (χ3n) is 6.51. The van der Waals surface area contributed by atoms with Crippen molar-refractivity contribution in [3.05, 3.63) is 59.9 Å². The van der Waals surface area contributed by atoms with Crippen molar-refractivity contribution in [1.29, 1.82) is 0 Å². The molecule has 1 saturated carbocycles. The second-order valence-corrected chi connectivity index (χ2v) is 10.1. The Kier molecular flexibility index (Phi) is 5.82. The molecule has 7 heteroatoms. The Morgan fingerprint density at radius 3 is 2.37 bits per heavy atom. The molecule has 0 aromatic heterocycles. The van der Waals surface area contributed by atoms with Crippen LogP contribution in [0.2, 0.25) is 0 Å². The summed E-state index contributed by atoms with van der Waals surface area (Å²) in [7, 11) is -3.82. The molecular weight excluding hydrogens is 403 g/mol. The van der Waals surface area contributed by atoms with Gasteiger partial charge in [0.2, 0.25) is 0 Å². The first-order valence-corrected chi connectivity index (χ1v) is 12.0. The molecule has 0 radical (unpaired) electrons. The number of anilines is 1. The molecule has 2 aliphatic rings. The first kappa shape index (κ1) is 20.8. The van der Waals surface area contributed by atoms with Crippen LogP contribution in [-0.4, -0.2) is 31.8 Å². The van der Waals surface area contributed by atoms with Crippen LogP contribution in [0.15, 0.2) is 53.4 Å². The summed E-state index contributed by atoms with van der Waals surface area (Å²) < 4.78 is 40.4. The van der Waals surface area contributed by atoms with Crippen molar-refractivity contribution in [1.82, 2.24) is 4.90 Å². The van der Waals surface area contributed by atoms with Crippen molar-refractivity contribution in [2.45, 2.75) is 50.0 Å². The number of hydrogen-bond acceptors (Lipinski definition) is 3. The first-order chi connectivity index (χ1) is 14.3. The van der Waals surface area contributed by atoms with Gasteiger partial charge in [-0.25, -0.2) is 12.8 Å². The smallest absolute Gasteiger partial charge is 0.261 e. The minimum Gasteiger partial charge on any atom is -0.335 e. The second-order valence-electron chi connectivity index (χ2n) is 8.42. The Morgan fingerprint density at radius 2 is 1.67 bits per heavy atom. The topological polar surface area (TPSA) is 66.5 Å². The van der Waals surface area contributed by atoms with Crippen LogP contribution >= 0.6 is 0 Å². The van der Waals surface area contributed by atoms with Crippen molar-refractivity contribution < 1.29 is 17.6 Å². The molecule has 5 nitrogen and oxygen atoms in total. The third kappa shape index (κ3) is 4.21. The molecule has 4 rings (SSSR count). The summed E-state index contributed by atoms with van der Waals surface area (Å²) in [5, 5.41) is 0. The average Bonchev–Trinajstić information content (AvgIpc) is 2.74. The largest absolute Gasteiger partial charge is 0.335 e. The molecule has 1 N–H and O–H groups in total. The lowest BCUT2D eigenvalue weighted by Gasteiger charge is -2.47. The number of fused-ring (bicyclic) bond motifs is 1. The minimum atomic E-state index is -3.82. The molecule has 30 heavy (non-hydrogen) atoms. The molecule has 3 unspecified atom stereocenters. The van der Waals surface area contributed by atoms with Crippen LogP contribution in [0, 0.1) is 17.7 Å². The summed E-state index contributed by atoms with van der Waals surface area (Å²) in [5.41, 5.74) is 0.928. The van der Waals surface area contributed by atoms with E-state index < -0.39 is 15.8 Å². The maximum atomic E-state index is 13.2. The zero-order valence-corrected chi connectivity index (χ0v) is 17.9. The monoisotopic (exact) mass is 430 g/mol. The van der Waals surface area contributed by atoms with Crippen LogP contribution in [0.5, 0.6) is 0 Å². The number of rotatable bonds is 4. The fraction of sp³-hybridized carbons (Fsp3) is 0.435. The number of carbonyl (C=O) groups excluding carboxylic acids is 1. The molecule has 2 aromatic carbocycles. The molecular formula is C23H27FN2O3S. The number of likely N-dealkylation sites (tertiary alicyclic amines) is 1. The standard InChI is InChI=1S/C23H27FN2O3S/c1-16-14-15-26(22-5-3-2-4-21(16)22)23(27)17-6-10-19(11-7-17)25-30(28,29)20-12-8-18(24)9-13-20/h6-13,16,21-22,25H,2-5,14-15H2,1H3. The lowest BCUT2D eigenvalue weighted by Crippen LogP contribution is -2.52. The number of sulfonamides is 1. The fourth-order valence-electron chi connectivity index (χ4n) is 4.84. The van der Waals surface area contributed by atoms with Crippen LogP contribution in [0.3, 0.4) is 0 Å². The maximum absolute atomic E-state index is 13.2. The van der Waals surface area contributed by atoms with Gasteiger partial charge in [-0.3, -0.25) is 9.52 Å². The minimum absolute atomic E-state index is 0.0187. The van der Waals surface area contributed by atoms with Gasteiger partial charge < -0.3 is 4.90 Å². The Bertz CT molecular complexity index is 1010. The lowest BCUT2D eigenvalue weighted by atomic mass is 9.72. The molecule has 1 heterocycles. The second kappa shape index (κ2) is 8.38. The molecule has 0 bridgehead atoms. The summed E-state index contributed by atoms with van der Waals surface area (Å²) in [5.74, 6) is 0.761. The van der Waals surface area contributed by atoms with Crippen LogP contribution in [0.25, 0.3) is 0 Å². The van der Waals surface area contributed by atoms with Crippen LogP contribution < -0.4 is 4.72 Å².